The number of rotatable bonds is 5. The lowest BCUT2D eigenvalue weighted by Crippen LogP contribution is -2.35. The number of sulfone groups is 1. The van der Waals surface area contributed by atoms with Crippen molar-refractivity contribution in [2.75, 3.05) is 13.1 Å². The molecule has 0 saturated carbocycles. The molecule has 1 fully saturated rings. The molecule has 4 rings (SSSR count). The number of amides is 1. The van der Waals surface area contributed by atoms with E-state index in [0.29, 0.717) is 18.0 Å². The number of hydrogen-bond acceptors (Lipinski definition) is 3. The first-order valence-corrected chi connectivity index (χ1v) is 11.8. The number of carbonyl (C=O) groups excluding carboxylic acids is 1. The first-order chi connectivity index (χ1) is 14.5. The van der Waals surface area contributed by atoms with Gasteiger partial charge >= 0.3 is 0 Å². The second-order valence-corrected chi connectivity index (χ2v) is 10.1. The summed E-state index contributed by atoms with van der Waals surface area (Å²) in [5, 5.41) is -0.124. The molecule has 1 aliphatic heterocycles. The molecule has 1 heterocycles. The van der Waals surface area contributed by atoms with Gasteiger partial charge in [0.15, 0.2) is 9.84 Å². The molecule has 0 aromatic heterocycles. The first kappa shape index (κ1) is 20.6. The van der Waals surface area contributed by atoms with E-state index in [9.17, 15) is 13.2 Å². The number of halogens is 1. The molecule has 1 saturated heterocycles. The van der Waals surface area contributed by atoms with E-state index in [2.05, 4.69) is 0 Å². The molecule has 1 atom stereocenters. The Bertz CT molecular complexity index is 1080. The fraction of sp³-hybridized carbons (Fsp3) is 0.208. The van der Waals surface area contributed by atoms with Crippen LogP contribution in [0.2, 0.25) is 5.02 Å². The minimum atomic E-state index is -3.53. The van der Waals surface area contributed by atoms with E-state index in [1.165, 1.54) is 12.1 Å². The van der Waals surface area contributed by atoms with Crippen molar-refractivity contribution in [1.82, 2.24) is 4.90 Å². The summed E-state index contributed by atoms with van der Waals surface area (Å²) in [7, 11) is -3.53. The van der Waals surface area contributed by atoms with Crippen molar-refractivity contribution in [3.63, 3.8) is 0 Å². The van der Waals surface area contributed by atoms with Crippen molar-refractivity contribution in [3.05, 3.63) is 101 Å². The summed E-state index contributed by atoms with van der Waals surface area (Å²) in [6, 6.07) is 25.4. The highest BCUT2D eigenvalue weighted by Crippen LogP contribution is 2.31. The van der Waals surface area contributed by atoms with E-state index in [0.717, 1.165) is 11.1 Å². The highest BCUT2D eigenvalue weighted by molar-refractivity contribution is 7.92. The SMILES string of the molecule is O=C(C(c1ccccc1)c1ccccc1)N1CC[C@H](S(=O)(=O)c2ccc(Cl)cc2)C1. The molecular weight excluding hydrogens is 418 g/mol. The number of likely N-dealkylation sites (tertiary alicyclic amines) is 1. The Morgan fingerprint density at radius 3 is 1.93 bits per heavy atom. The summed E-state index contributed by atoms with van der Waals surface area (Å²) in [4.78, 5) is 15.4. The van der Waals surface area contributed by atoms with Gasteiger partial charge in [0.05, 0.1) is 16.1 Å². The molecule has 154 valence electrons. The average molecular weight is 440 g/mol. The van der Waals surface area contributed by atoms with Crippen LogP contribution in [0, 0.1) is 0 Å². The lowest BCUT2D eigenvalue weighted by Gasteiger charge is -2.24. The molecule has 0 unspecified atom stereocenters. The Kier molecular flexibility index (Phi) is 5.93. The summed E-state index contributed by atoms with van der Waals surface area (Å²) in [6.45, 7) is 0.618. The van der Waals surface area contributed by atoms with Gasteiger partial charge in [0.25, 0.3) is 0 Å². The molecule has 1 aliphatic rings. The molecule has 30 heavy (non-hydrogen) atoms. The zero-order chi connectivity index (χ0) is 21.1. The highest BCUT2D eigenvalue weighted by Gasteiger charge is 2.38. The number of benzene rings is 3. The largest absolute Gasteiger partial charge is 0.341 e. The second-order valence-electron chi connectivity index (χ2n) is 7.45. The van der Waals surface area contributed by atoms with Gasteiger partial charge < -0.3 is 4.90 Å². The molecular formula is C24H22ClNO3S. The van der Waals surface area contributed by atoms with Crippen LogP contribution in [-0.2, 0) is 14.6 Å². The summed E-state index contributed by atoms with van der Waals surface area (Å²) >= 11 is 5.89. The highest BCUT2D eigenvalue weighted by atomic mass is 35.5. The molecule has 6 heteroatoms. The van der Waals surface area contributed by atoms with Crippen LogP contribution in [-0.4, -0.2) is 37.6 Å². The van der Waals surface area contributed by atoms with Crippen LogP contribution in [0.15, 0.2) is 89.8 Å². The summed E-state index contributed by atoms with van der Waals surface area (Å²) in [5.74, 6) is -0.523. The zero-order valence-electron chi connectivity index (χ0n) is 16.3. The third-order valence-electron chi connectivity index (χ3n) is 5.55. The normalized spacial score (nSPS) is 16.7. The lowest BCUT2D eigenvalue weighted by molar-refractivity contribution is -0.130. The summed E-state index contributed by atoms with van der Waals surface area (Å²) in [5.41, 5.74) is 1.80. The van der Waals surface area contributed by atoms with Gasteiger partial charge in [0.2, 0.25) is 5.91 Å². The minimum absolute atomic E-state index is 0.0683. The number of hydrogen-bond donors (Lipinski definition) is 0. The van der Waals surface area contributed by atoms with Gasteiger partial charge in [0, 0.05) is 18.1 Å². The molecule has 1 amide bonds. The molecule has 0 aliphatic carbocycles. The van der Waals surface area contributed by atoms with Crippen LogP contribution in [0.25, 0.3) is 0 Å². The van der Waals surface area contributed by atoms with Gasteiger partial charge in [0.1, 0.15) is 0 Å². The van der Waals surface area contributed by atoms with Crippen LogP contribution < -0.4 is 0 Å². The number of nitrogens with zero attached hydrogens (tertiary/aromatic N) is 1. The first-order valence-electron chi connectivity index (χ1n) is 9.85. The van der Waals surface area contributed by atoms with Gasteiger partial charge in [-0.25, -0.2) is 8.42 Å². The summed E-state index contributed by atoms with van der Waals surface area (Å²) < 4.78 is 26.1. The third kappa shape index (κ3) is 4.13. The average Bonchev–Trinajstić information content (AvgIpc) is 3.27. The maximum atomic E-state index is 13.5. The molecule has 3 aromatic rings. The van der Waals surface area contributed by atoms with Crippen LogP contribution in [0.1, 0.15) is 23.5 Å². The fourth-order valence-corrected chi connectivity index (χ4v) is 5.77. The Morgan fingerprint density at radius 2 is 1.40 bits per heavy atom. The van der Waals surface area contributed by atoms with Crippen LogP contribution in [0.4, 0.5) is 0 Å². The quantitative estimate of drug-likeness (QED) is 0.586. The van der Waals surface area contributed by atoms with Crippen molar-refractivity contribution >= 4 is 27.3 Å². The standard InChI is InChI=1S/C24H22ClNO3S/c25-20-11-13-21(14-12-20)30(28,29)22-15-16-26(17-22)24(27)23(18-7-3-1-4-8-18)19-9-5-2-6-10-19/h1-14,22-23H,15-17H2/t22-/m0/s1. The maximum absolute atomic E-state index is 13.5. The van der Waals surface area contributed by atoms with Gasteiger partial charge in [-0.3, -0.25) is 4.79 Å². The van der Waals surface area contributed by atoms with E-state index in [1.54, 1.807) is 17.0 Å². The van der Waals surface area contributed by atoms with Gasteiger partial charge in [-0.05, 0) is 41.8 Å². The van der Waals surface area contributed by atoms with Gasteiger partial charge in [-0.15, -0.1) is 0 Å². The maximum Gasteiger partial charge on any atom is 0.234 e. The Morgan fingerprint density at radius 1 is 0.867 bits per heavy atom. The van der Waals surface area contributed by atoms with E-state index < -0.39 is 21.0 Å². The van der Waals surface area contributed by atoms with E-state index in [1.807, 2.05) is 60.7 Å². The zero-order valence-corrected chi connectivity index (χ0v) is 17.9. The fourth-order valence-electron chi connectivity index (χ4n) is 3.95. The van der Waals surface area contributed by atoms with E-state index in [4.69, 9.17) is 11.6 Å². The van der Waals surface area contributed by atoms with Crippen molar-refractivity contribution < 1.29 is 13.2 Å². The Hall–Kier alpha value is -2.63. The van der Waals surface area contributed by atoms with E-state index in [-0.39, 0.29) is 17.3 Å². The minimum Gasteiger partial charge on any atom is -0.341 e. The monoisotopic (exact) mass is 439 g/mol. The van der Waals surface area contributed by atoms with Crippen molar-refractivity contribution in [3.8, 4) is 0 Å². The molecule has 3 aromatic carbocycles. The lowest BCUT2D eigenvalue weighted by atomic mass is 9.90. The van der Waals surface area contributed by atoms with Gasteiger partial charge in [-0.1, -0.05) is 72.3 Å². The predicted octanol–water partition coefficient (Wildman–Crippen LogP) is 4.55. The molecule has 4 nitrogen and oxygen atoms in total. The number of carbonyl (C=O) groups is 1. The topological polar surface area (TPSA) is 54.5 Å². The van der Waals surface area contributed by atoms with Crippen LogP contribution >= 0.6 is 11.6 Å². The van der Waals surface area contributed by atoms with Crippen molar-refractivity contribution in [1.29, 1.82) is 0 Å². The van der Waals surface area contributed by atoms with Gasteiger partial charge in [-0.2, -0.15) is 0 Å². The van der Waals surface area contributed by atoms with Crippen molar-refractivity contribution in [2.45, 2.75) is 22.5 Å². The van der Waals surface area contributed by atoms with Crippen molar-refractivity contribution in [2.24, 2.45) is 0 Å². The third-order valence-corrected chi connectivity index (χ3v) is 7.99. The second kappa shape index (κ2) is 8.62. The predicted molar refractivity (Wildman–Crippen MR) is 118 cm³/mol. The Balaban J connectivity index is 1.59. The Labute approximate surface area is 182 Å². The van der Waals surface area contributed by atoms with Crippen LogP contribution in [0.5, 0.6) is 0 Å². The smallest absolute Gasteiger partial charge is 0.234 e. The van der Waals surface area contributed by atoms with Crippen LogP contribution in [0.3, 0.4) is 0 Å². The molecule has 0 radical (unpaired) electrons. The molecule has 0 bridgehead atoms. The summed E-state index contributed by atoms with van der Waals surface area (Å²) in [6.07, 6.45) is 0.424. The molecule has 0 spiro atoms. The molecule has 0 N–H and O–H groups in total. The van der Waals surface area contributed by atoms with E-state index >= 15 is 0 Å².